The second kappa shape index (κ2) is 11.3. The predicted octanol–water partition coefficient (Wildman–Crippen LogP) is 7.43. The van der Waals surface area contributed by atoms with E-state index < -0.39 is 40.5 Å². The molecule has 0 heterocycles. The van der Waals surface area contributed by atoms with Crippen LogP contribution in [0.1, 0.15) is 38.8 Å². The Kier molecular flexibility index (Phi) is 8.17. The van der Waals surface area contributed by atoms with Crippen molar-refractivity contribution in [3.63, 3.8) is 0 Å². The molecule has 6 N–H and O–H groups in total. The molecular formula is C31H26F6N4O2. The third-order valence-corrected chi connectivity index (χ3v) is 7.11. The molecular weight excluding hydrogens is 574 g/mol. The van der Waals surface area contributed by atoms with Gasteiger partial charge in [0, 0.05) is 18.2 Å². The number of carbonyl (C=O) groups is 2. The highest BCUT2D eigenvalue weighted by molar-refractivity contribution is 6.06. The minimum atomic E-state index is -5.84. The van der Waals surface area contributed by atoms with E-state index in [0.29, 0.717) is 29.8 Å². The molecule has 0 spiro atoms. The van der Waals surface area contributed by atoms with Crippen molar-refractivity contribution < 1.29 is 35.9 Å². The summed E-state index contributed by atoms with van der Waals surface area (Å²) in [6, 6.07) is 17.5. The lowest BCUT2D eigenvalue weighted by atomic mass is 9.72. The van der Waals surface area contributed by atoms with Crippen molar-refractivity contribution in [3.05, 3.63) is 107 Å². The average molecular weight is 601 g/mol. The van der Waals surface area contributed by atoms with Gasteiger partial charge in [0.1, 0.15) is 0 Å². The van der Waals surface area contributed by atoms with Crippen molar-refractivity contribution in [2.24, 2.45) is 0 Å². The van der Waals surface area contributed by atoms with Gasteiger partial charge in [-0.2, -0.15) is 26.3 Å². The van der Waals surface area contributed by atoms with Crippen molar-refractivity contribution in [1.29, 1.82) is 0 Å². The Morgan fingerprint density at radius 1 is 0.628 bits per heavy atom. The van der Waals surface area contributed by atoms with Crippen LogP contribution < -0.4 is 22.1 Å². The van der Waals surface area contributed by atoms with Gasteiger partial charge in [-0.05, 0) is 65.6 Å². The van der Waals surface area contributed by atoms with Crippen molar-refractivity contribution in [2.75, 3.05) is 29.1 Å². The summed E-state index contributed by atoms with van der Waals surface area (Å²) in [7, 11) is 1.42. The van der Waals surface area contributed by atoms with Crippen molar-refractivity contribution in [2.45, 2.75) is 24.7 Å². The molecule has 0 radical (unpaired) electrons. The lowest BCUT2D eigenvalue weighted by Gasteiger charge is -2.38. The van der Waals surface area contributed by atoms with E-state index in [1.807, 2.05) is 0 Å². The van der Waals surface area contributed by atoms with E-state index in [0.717, 1.165) is 23.3 Å². The molecule has 4 aromatic rings. The van der Waals surface area contributed by atoms with Gasteiger partial charge < -0.3 is 22.1 Å². The molecule has 43 heavy (non-hydrogen) atoms. The Hall–Kier alpha value is -5.00. The molecule has 0 saturated heterocycles. The Morgan fingerprint density at radius 3 is 1.42 bits per heavy atom. The number of ketones is 1. The summed E-state index contributed by atoms with van der Waals surface area (Å²) in [5.41, 5.74) is 6.23. The van der Waals surface area contributed by atoms with Crippen LogP contribution in [0.25, 0.3) is 11.1 Å². The molecule has 12 heteroatoms. The number of rotatable bonds is 7. The fraction of sp³-hybridized carbons (Fsp3) is 0.161. The highest BCUT2D eigenvalue weighted by atomic mass is 19.4. The van der Waals surface area contributed by atoms with Gasteiger partial charge in [-0.3, -0.25) is 9.59 Å². The van der Waals surface area contributed by atoms with E-state index >= 15 is 0 Å². The first-order valence-electron chi connectivity index (χ1n) is 12.7. The van der Waals surface area contributed by atoms with E-state index in [2.05, 4.69) is 10.6 Å². The number of Topliss-reactive ketones (excluding diaryl/α,β-unsaturated/α-hetero) is 1. The fourth-order valence-corrected chi connectivity index (χ4v) is 4.82. The molecule has 4 rings (SSSR count). The highest BCUT2D eigenvalue weighted by Gasteiger charge is 2.72. The fourth-order valence-electron chi connectivity index (χ4n) is 4.82. The number of hydrogen-bond donors (Lipinski definition) is 4. The Labute approximate surface area is 242 Å². The summed E-state index contributed by atoms with van der Waals surface area (Å²) in [6.07, 6.45) is -11.7. The van der Waals surface area contributed by atoms with Crippen LogP contribution in [0.4, 0.5) is 49.1 Å². The molecule has 0 bridgehead atoms. The number of amides is 1. The first-order chi connectivity index (χ1) is 20.1. The highest BCUT2D eigenvalue weighted by Crippen LogP contribution is 2.57. The molecule has 0 aliphatic heterocycles. The molecule has 0 fully saturated rings. The second-order valence-electron chi connectivity index (χ2n) is 9.76. The molecule has 0 aliphatic rings. The minimum absolute atomic E-state index is 0.0822. The third kappa shape index (κ3) is 5.72. The number of hydrogen-bond acceptors (Lipinski definition) is 5. The van der Waals surface area contributed by atoms with Crippen molar-refractivity contribution in [1.82, 2.24) is 0 Å². The summed E-state index contributed by atoms with van der Waals surface area (Å²) in [5.74, 6) is -0.771. The summed E-state index contributed by atoms with van der Waals surface area (Å²) in [6.45, 7) is 1.45. The number of nitrogens with two attached hydrogens (primary N) is 2. The van der Waals surface area contributed by atoms with Gasteiger partial charge in [-0.1, -0.05) is 48.5 Å². The molecule has 0 aromatic heterocycles. The number of alkyl halides is 6. The zero-order valence-corrected chi connectivity index (χ0v) is 22.8. The van der Waals surface area contributed by atoms with Gasteiger partial charge in [0.2, 0.25) is 5.41 Å². The molecule has 224 valence electrons. The largest absolute Gasteiger partial charge is 0.411 e. The zero-order valence-electron chi connectivity index (χ0n) is 22.8. The number of halogens is 6. The lowest BCUT2D eigenvalue weighted by Crippen LogP contribution is -2.54. The first kappa shape index (κ1) is 30.9. The number of benzene rings is 4. The van der Waals surface area contributed by atoms with Gasteiger partial charge in [0.15, 0.2) is 5.78 Å². The Balaban J connectivity index is 1.66. The van der Waals surface area contributed by atoms with Crippen LogP contribution >= 0.6 is 0 Å². The SMILES string of the molecule is CNc1ccc(C(c2ccc(NC(=O)c3ccc(-c4ccc(C(C)=O)cc4)cc3)c(N)c2)(C(F)(F)F)C(F)(F)F)cc1N. The van der Waals surface area contributed by atoms with E-state index in [4.69, 9.17) is 11.5 Å². The van der Waals surface area contributed by atoms with Gasteiger partial charge in [0.25, 0.3) is 5.91 Å². The van der Waals surface area contributed by atoms with Crippen LogP contribution in [0.2, 0.25) is 0 Å². The molecule has 0 unspecified atom stereocenters. The second-order valence-corrected chi connectivity index (χ2v) is 9.76. The predicted molar refractivity (Wildman–Crippen MR) is 154 cm³/mol. The molecule has 0 aliphatic carbocycles. The van der Waals surface area contributed by atoms with Crippen LogP contribution in [-0.2, 0) is 5.41 Å². The molecule has 4 aromatic carbocycles. The van der Waals surface area contributed by atoms with Gasteiger partial charge in [-0.15, -0.1) is 0 Å². The van der Waals surface area contributed by atoms with E-state index in [1.165, 1.54) is 26.1 Å². The van der Waals surface area contributed by atoms with E-state index in [-0.39, 0.29) is 28.4 Å². The Morgan fingerprint density at radius 2 is 1.05 bits per heavy atom. The third-order valence-electron chi connectivity index (χ3n) is 7.11. The zero-order chi connectivity index (χ0) is 31.7. The summed E-state index contributed by atoms with van der Waals surface area (Å²) >= 11 is 0. The maximum Gasteiger partial charge on any atom is 0.411 e. The summed E-state index contributed by atoms with van der Waals surface area (Å²) in [5, 5.41) is 5.03. The van der Waals surface area contributed by atoms with E-state index in [9.17, 15) is 35.9 Å². The average Bonchev–Trinajstić information content (AvgIpc) is 2.93. The smallest absolute Gasteiger partial charge is 0.397 e. The van der Waals surface area contributed by atoms with Crippen LogP contribution in [-0.4, -0.2) is 31.1 Å². The summed E-state index contributed by atoms with van der Waals surface area (Å²) in [4.78, 5) is 24.4. The summed E-state index contributed by atoms with van der Waals surface area (Å²) < 4.78 is 87.2. The topological polar surface area (TPSA) is 110 Å². The van der Waals surface area contributed by atoms with Crippen LogP contribution in [0.3, 0.4) is 0 Å². The monoisotopic (exact) mass is 600 g/mol. The molecule has 1 amide bonds. The van der Waals surface area contributed by atoms with Gasteiger partial charge in [0.05, 0.1) is 22.7 Å². The molecule has 0 atom stereocenters. The number of nitrogens with one attached hydrogen (secondary N) is 2. The quantitative estimate of drug-likeness (QED) is 0.100. The Bertz CT molecular complexity index is 1650. The van der Waals surface area contributed by atoms with Crippen molar-refractivity contribution in [3.8, 4) is 11.1 Å². The molecule has 0 saturated carbocycles. The molecule has 6 nitrogen and oxygen atoms in total. The number of carbonyl (C=O) groups excluding carboxylic acids is 2. The minimum Gasteiger partial charge on any atom is -0.397 e. The normalized spacial score (nSPS) is 12.1. The van der Waals surface area contributed by atoms with Crippen molar-refractivity contribution >= 4 is 34.4 Å². The number of anilines is 4. The number of nitrogen functional groups attached to an aromatic ring is 2. The standard InChI is InChI=1S/C31H26F6N4O2/c1-17(42)18-3-5-19(6-4-18)20-7-9-21(10-8-20)28(43)41-27-14-12-23(16-25(27)39)29(30(32,33)34,31(35,36)37)22-11-13-26(40-2)24(38)15-22/h3-16,40H,38-39H2,1-2H3,(H,41,43). The van der Waals surface area contributed by atoms with Gasteiger partial charge >= 0.3 is 12.4 Å². The maximum absolute atomic E-state index is 14.5. The van der Waals surface area contributed by atoms with E-state index in [1.54, 1.807) is 36.4 Å². The van der Waals surface area contributed by atoms with Crippen LogP contribution in [0.5, 0.6) is 0 Å². The first-order valence-corrected chi connectivity index (χ1v) is 12.7. The van der Waals surface area contributed by atoms with Crippen LogP contribution in [0.15, 0.2) is 84.9 Å². The van der Waals surface area contributed by atoms with Crippen LogP contribution in [0, 0.1) is 0 Å². The maximum atomic E-state index is 14.5. The van der Waals surface area contributed by atoms with Gasteiger partial charge in [-0.25, -0.2) is 0 Å². The lowest BCUT2D eigenvalue weighted by molar-refractivity contribution is -0.288.